The topological polar surface area (TPSA) is 81.9 Å². The fourth-order valence-electron chi connectivity index (χ4n) is 2.65. The number of benzene rings is 2. The summed E-state index contributed by atoms with van der Waals surface area (Å²) >= 11 is 0. The molecule has 0 aliphatic rings. The molecule has 1 heterocycles. The lowest BCUT2D eigenvalue weighted by Gasteiger charge is -2.11. The van der Waals surface area contributed by atoms with Gasteiger partial charge in [-0.1, -0.05) is 18.2 Å². The smallest absolute Gasteiger partial charge is 0.255 e. The Hall–Kier alpha value is -3.22. The van der Waals surface area contributed by atoms with Crippen molar-refractivity contribution in [2.24, 2.45) is 0 Å². The molecule has 140 valence electrons. The van der Waals surface area contributed by atoms with Gasteiger partial charge in [-0.25, -0.2) is 4.68 Å². The number of tetrazole rings is 1. The van der Waals surface area contributed by atoms with Crippen LogP contribution in [-0.4, -0.2) is 26.1 Å². The number of hydrogen-bond acceptors (Lipinski definition) is 5. The maximum Gasteiger partial charge on any atom is 0.255 e. The van der Waals surface area contributed by atoms with E-state index in [0.717, 1.165) is 16.8 Å². The summed E-state index contributed by atoms with van der Waals surface area (Å²) in [5, 5.41) is 14.6. The molecule has 0 saturated heterocycles. The summed E-state index contributed by atoms with van der Waals surface area (Å²) in [7, 11) is 0. The molecule has 3 rings (SSSR count). The van der Waals surface area contributed by atoms with E-state index < -0.39 is 0 Å². The van der Waals surface area contributed by atoms with Gasteiger partial charge >= 0.3 is 0 Å². The van der Waals surface area contributed by atoms with E-state index in [9.17, 15) is 4.79 Å². The number of nitrogens with one attached hydrogen (secondary N) is 1. The zero-order valence-corrected chi connectivity index (χ0v) is 15.9. The molecule has 7 heteroatoms. The van der Waals surface area contributed by atoms with Gasteiger partial charge in [0.1, 0.15) is 12.4 Å². The first-order valence-electron chi connectivity index (χ1n) is 8.82. The molecule has 0 unspecified atom stereocenters. The lowest BCUT2D eigenvalue weighted by molar-refractivity contribution is 0.102. The van der Waals surface area contributed by atoms with Crippen LogP contribution in [0.15, 0.2) is 42.5 Å². The highest BCUT2D eigenvalue weighted by Crippen LogP contribution is 2.20. The highest BCUT2D eigenvalue weighted by Gasteiger charge is 2.12. The monoisotopic (exact) mass is 365 g/mol. The Labute approximate surface area is 158 Å². The van der Waals surface area contributed by atoms with Crippen molar-refractivity contribution in [3.63, 3.8) is 0 Å². The Bertz CT molecular complexity index is 949. The van der Waals surface area contributed by atoms with Crippen LogP contribution in [0.4, 0.5) is 5.69 Å². The maximum absolute atomic E-state index is 12.6. The molecule has 27 heavy (non-hydrogen) atoms. The standard InChI is InChI=1S/C20H23N5O2/c1-13(2)25-19(22-23-24-25)12-27-17-7-5-6-16(11-17)20(26)21-18-10-14(3)8-9-15(18)4/h5-11,13H,12H2,1-4H3,(H,21,26). The summed E-state index contributed by atoms with van der Waals surface area (Å²) in [4.78, 5) is 12.6. The molecule has 0 bridgehead atoms. The van der Waals surface area contributed by atoms with Crippen LogP contribution in [0.1, 0.15) is 47.2 Å². The van der Waals surface area contributed by atoms with Crippen molar-refractivity contribution in [2.75, 3.05) is 5.32 Å². The maximum atomic E-state index is 12.6. The van der Waals surface area contributed by atoms with E-state index in [2.05, 4.69) is 20.8 Å². The van der Waals surface area contributed by atoms with Crippen molar-refractivity contribution in [3.05, 3.63) is 65.0 Å². The molecular weight excluding hydrogens is 342 g/mol. The molecule has 0 radical (unpaired) electrons. The third kappa shape index (κ3) is 4.49. The fourth-order valence-corrected chi connectivity index (χ4v) is 2.65. The van der Waals surface area contributed by atoms with Crippen LogP contribution in [0, 0.1) is 13.8 Å². The predicted octanol–water partition coefficient (Wildman–Crippen LogP) is 3.70. The Morgan fingerprint density at radius 1 is 1.19 bits per heavy atom. The van der Waals surface area contributed by atoms with Crippen molar-refractivity contribution in [1.82, 2.24) is 20.2 Å². The second-order valence-corrected chi connectivity index (χ2v) is 6.72. The van der Waals surface area contributed by atoms with Crippen molar-refractivity contribution in [3.8, 4) is 5.75 Å². The van der Waals surface area contributed by atoms with E-state index in [4.69, 9.17) is 4.74 Å². The van der Waals surface area contributed by atoms with Crippen molar-refractivity contribution < 1.29 is 9.53 Å². The van der Waals surface area contributed by atoms with Gasteiger partial charge in [0, 0.05) is 11.3 Å². The number of ether oxygens (including phenoxy) is 1. The van der Waals surface area contributed by atoms with Gasteiger partial charge in [0.15, 0.2) is 5.82 Å². The highest BCUT2D eigenvalue weighted by atomic mass is 16.5. The number of amides is 1. The average Bonchev–Trinajstić information content (AvgIpc) is 3.12. The van der Waals surface area contributed by atoms with Gasteiger partial charge in [-0.2, -0.15) is 0 Å². The second kappa shape index (κ2) is 7.99. The van der Waals surface area contributed by atoms with Crippen molar-refractivity contribution >= 4 is 11.6 Å². The number of aromatic nitrogens is 4. The minimum atomic E-state index is -0.179. The summed E-state index contributed by atoms with van der Waals surface area (Å²) < 4.78 is 7.49. The number of carbonyl (C=O) groups is 1. The van der Waals surface area contributed by atoms with Gasteiger partial charge in [0.05, 0.1) is 6.04 Å². The third-order valence-corrected chi connectivity index (χ3v) is 4.16. The Morgan fingerprint density at radius 3 is 2.78 bits per heavy atom. The van der Waals surface area contributed by atoms with Crippen molar-refractivity contribution in [1.29, 1.82) is 0 Å². The minimum Gasteiger partial charge on any atom is -0.486 e. The van der Waals surface area contributed by atoms with Gasteiger partial charge in [0.2, 0.25) is 0 Å². The summed E-state index contributed by atoms with van der Waals surface area (Å²) in [6, 6.07) is 13.2. The molecule has 1 amide bonds. The molecule has 0 atom stereocenters. The van der Waals surface area contributed by atoms with Crippen LogP contribution in [0.2, 0.25) is 0 Å². The van der Waals surface area contributed by atoms with Gasteiger partial charge in [-0.05, 0) is 73.5 Å². The summed E-state index contributed by atoms with van der Waals surface area (Å²) in [6.45, 7) is 8.19. The molecule has 3 aromatic rings. The van der Waals surface area contributed by atoms with Gasteiger partial charge in [-0.3, -0.25) is 4.79 Å². The van der Waals surface area contributed by atoms with Crippen LogP contribution >= 0.6 is 0 Å². The molecule has 0 fully saturated rings. The largest absolute Gasteiger partial charge is 0.486 e. The van der Waals surface area contributed by atoms with Gasteiger partial charge < -0.3 is 10.1 Å². The zero-order chi connectivity index (χ0) is 19.4. The van der Waals surface area contributed by atoms with Crippen LogP contribution in [0.5, 0.6) is 5.75 Å². The fraction of sp³-hybridized carbons (Fsp3) is 0.300. The molecule has 1 aromatic heterocycles. The van der Waals surface area contributed by atoms with Gasteiger partial charge in [-0.15, -0.1) is 5.10 Å². The van der Waals surface area contributed by atoms with E-state index in [1.807, 2.05) is 45.9 Å². The molecule has 0 aliphatic carbocycles. The first-order chi connectivity index (χ1) is 12.9. The number of anilines is 1. The molecule has 2 aromatic carbocycles. The number of aryl methyl sites for hydroxylation is 2. The van der Waals surface area contributed by atoms with Crippen LogP contribution < -0.4 is 10.1 Å². The van der Waals surface area contributed by atoms with Crippen molar-refractivity contribution in [2.45, 2.75) is 40.3 Å². The number of rotatable bonds is 6. The van der Waals surface area contributed by atoms with E-state index in [-0.39, 0.29) is 18.6 Å². The van der Waals surface area contributed by atoms with Crippen LogP contribution in [-0.2, 0) is 6.61 Å². The predicted molar refractivity (Wildman–Crippen MR) is 103 cm³/mol. The third-order valence-electron chi connectivity index (χ3n) is 4.16. The average molecular weight is 365 g/mol. The molecule has 7 nitrogen and oxygen atoms in total. The molecule has 0 saturated carbocycles. The van der Waals surface area contributed by atoms with E-state index in [1.54, 1.807) is 28.9 Å². The molecule has 0 aliphatic heterocycles. The number of hydrogen-bond donors (Lipinski definition) is 1. The Kier molecular flexibility index (Phi) is 5.49. The summed E-state index contributed by atoms with van der Waals surface area (Å²) in [5.41, 5.74) is 3.44. The second-order valence-electron chi connectivity index (χ2n) is 6.72. The van der Waals surface area contributed by atoms with E-state index in [1.165, 1.54) is 0 Å². The van der Waals surface area contributed by atoms with E-state index in [0.29, 0.717) is 17.1 Å². The molecule has 0 spiro atoms. The summed E-state index contributed by atoms with van der Waals surface area (Å²) in [5.74, 6) is 1.04. The Morgan fingerprint density at radius 2 is 2.00 bits per heavy atom. The summed E-state index contributed by atoms with van der Waals surface area (Å²) in [6.07, 6.45) is 0. The lowest BCUT2D eigenvalue weighted by atomic mass is 10.1. The lowest BCUT2D eigenvalue weighted by Crippen LogP contribution is -2.13. The van der Waals surface area contributed by atoms with Crippen LogP contribution in [0.3, 0.4) is 0 Å². The molecule has 1 N–H and O–H groups in total. The SMILES string of the molecule is Cc1ccc(C)c(NC(=O)c2cccc(OCc3nnnn3C(C)C)c2)c1. The number of nitrogens with zero attached hydrogens (tertiary/aromatic N) is 4. The number of carbonyl (C=O) groups excluding carboxylic acids is 1. The normalized spacial score (nSPS) is 10.9. The first kappa shape index (κ1) is 18.6. The quantitative estimate of drug-likeness (QED) is 0.720. The molecular formula is C20H23N5O2. The zero-order valence-electron chi connectivity index (χ0n) is 15.9. The van der Waals surface area contributed by atoms with Crippen LogP contribution in [0.25, 0.3) is 0 Å². The Balaban J connectivity index is 1.70. The van der Waals surface area contributed by atoms with Gasteiger partial charge in [0.25, 0.3) is 5.91 Å². The first-order valence-corrected chi connectivity index (χ1v) is 8.82. The highest BCUT2D eigenvalue weighted by molar-refractivity contribution is 6.04. The van der Waals surface area contributed by atoms with E-state index >= 15 is 0 Å². The minimum absolute atomic E-state index is 0.147.